The first-order valence-electron chi connectivity index (χ1n) is 6.77. The number of carbonyl (C=O) groups excluding carboxylic acids is 2. The minimum atomic E-state index is -1.17. The van der Waals surface area contributed by atoms with Crippen LogP contribution in [-0.4, -0.2) is 35.5 Å². The molecule has 0 heterocycles. The van der Waals surface area contributed by atoms with Crippen LogP contribution in [0.4, 0.5) is 0 Å². The van der Waals surface area contributed by atoms with Gasteiger partial charge in [-0.3, -0.25) is 9.59 Å². The molecule has 0 fully saturated rings. The summed E-state index contributed by atoms with van der Waals surface area (Å²) in [7, 11) is 0. The van der Waals surface area contributed by atoms with Gasteiger partial charge in [-0.25, -0.2) is 4.79 Å². The molecule has 3 N–H and O–H groups in total. The first-order valence-corrected chi connectivity index (χ1v) is 6.77. The van der Waals surface area contributed by atoms with E-state index in [1.54, 1.807) is 30.3 Å². The lowest BCUT2D eigenvalue weighted by molar-refractivity contribution is -0.141. The van der Waals surface area contributed by atoms with Gasteiger partial charge in [-0.1, -0.05) is 18.2 Å². The number of rotatable bonds is 8. The number of hydrogen-bond donors (Lipinski definition) is 3. The number of benzene rings is 1. The van der Waals surface area contributed by atoms with Crippen LogP contribution in [0.1, 0.15) is 29.6 Å². The van der Waals surface area contributed by atoms with Crippen LogP contribution in [0.5, 0.6) is 0 Å². The van der Waals surface area contributed by atoms with Crippen molar-refractivity contribution in [2.45, 2.75) is 25.3 Å². The van der Waals surface area contributed by atoms with Gasteiger partial charge in [0.05, 0.1) is 12.6 Å². The summed E-state index contributed by atoms with van der Waals surface area (Å²) in [6.45, 7) is -0.310. The third-order valence-electron chi connectivity index (χ3n) is 2.86. The van der Waals surface area contributed by atoms with Gasteiger partial charge in [0.2, 0.25) is 5.91 Å². The third-order valence-corrected chi connectivity index (χ3v) is 2.86. The third kappa shape index (κ3) is 6.05. The highest BCUT2D eigenvalue weighted by Gasteiger charge is 2.19. The van der Waals surface area contributed by atoms with E-state index in [2.05, 4.69) is 10.6 Å². The molecule has 0 bridgehead atoms. The number of nitrogens with one attached hydrogen (secondary N) is 2. The molecule has 0 aliphatic rings. The van der Waals surface area contributed by atoms with Gasteiger partial charge >= 0.3 is 5.97 Å². The Morgan fingerprint density at radius 2 is 1.91 bits per heavy atom. The molecule has 0 spiro atoms. The van der Waals surface area contributed by atoms with Crippen molar-refractivity contribution in [2.75, 3.05) is 6.54 Å². The van der Waals surface area contributed by atoms with E-state index in [0.29, 0.717) is 12.0 Å². The maximum atomic E-state index is 11.7. The van der Waals surface area contributed by atoms with E-state index >= 15 is 0 Å². The van der Waals surface area contributed by atoms with Crippen molar-refractivity contribution in [3.63, 3.8) is 0 Å². The largest absolute Gasteiger partial charge is 0.480 e. The fourth-order valence-electron chi connectivity index (χ4n) is 1.74. The number of unbranched alkanes of at least 4 members (excludes halogenated alkanes) is 1. The Balaban J connectivity index is 2.42. The van der Waals surface area contributed by atoms with E-state index < -0.39 is 23.8 Å². The number of carbonyl (C=O) groups is 3. The number of carboxylic acids is 1. The average molecular weight is 303 g/mol. The molecule has 2 amide bonds. The SMILES string of the molecule is N#CCCC[C@@H](NC(=O)CNC(=O)c1ccccc1)C(=O)O. The number of aliphatic carboxylic acids is 1. The van der Waals surface area contributed by atoms with Gasteiger partial charge in [-0.15, -0.1) is 0 Å². The fourth-order valence-corrected chi connectivity index (χ4v) is 1.74. The van der Waals surface area contributed by atoms with Gasteiger partial charge in [0, 0.05) is 12.0 Å². The van der Waals surface area contributed by atoms with Crippen LogP contribution in [-0.2, 0) is 9.59 Å². The Kier molecular flexibility index (Phi) is 7.13. The molecule has 1 atom stereocenters. The van der Waals surface area contributed by atoms with Gasteiger partial charge in [-0.2, -0.15) is 5.26 Å². The highest BCUT2D eigenvalue weighted by Crippen LogP contribution is 2.01. The van der Waals surface area contributed by atoms with Gasteiger partial charge in [0.15, 0.2) is 0 Å². The molecule has 0 aliphatic carbocycles. The van der Waals surface area contributed by atoms with Crippen LogP contribution in [0.15, 0.2) is 30.3 Å². The van der Waals surface area contributed by atoms with Crippen LogP contribution in [0.25, 0.3) is 0 Å². The Morgan fingerprint density at radius 3 is 2.50 bits per heavy atom. The molecule has 1 aromatic carbocycles. The molecule has 1 rings (SSSR count). The second-order valence-corrected chi connectivity index (χ2v) is 4.56. The van der Waals surface area contributed by atoms with Gasteiger partial charge < -0.3 is 15.7 Å². The minimum Gasteiger partial charge on any atom is -0.480 e. The highest BCUT2D eigenvalue weighted by molar-refractivity contribution is 5.96. The summed E-state index contributed by atoms with van der Waals surface area (Å²) in [5, 5.41) is 22.1. The summed E-state index contributed by atoms with van der Waals surface area (Å²) in [6.07, 6.45) is 0.774. The zero-order valence-electron chi connectivity index (χ0n) is 11.9. The summed E-state index contributed by atoms with van der Waals surface area (Å²) in [6, 6.07) is 9.23. The van der Waals surface area contributed by atoms with Gasteiger partial charge in [0.1, 0.15) is 6.04 Å². The zero-order chi connectivity index (χ0) is 16.4. The number of amides is 2. The quantitative estimate of drug-likeness (QED) is 0.610. The highest BCUT2D eigenvalue weighted by atomic mass is 16.4. The molecule has 1 aromatic rings. The van der Waals surface area contributed by atoms with Crippen LogP contribution in [0.2, 0.25) is 0 Å². The van der Waals surface area contributed by atoms with Gasteiger partial charge in [0.25, 0.3) is 5.91 Å². The number of carboxylic acid groups (broad SMARTS) is 1. The smallest absolute Gasteiger partial charge is 0.326 e. The number of hydrogen-bond acceptors (Lipinski definition) is 4. The monoisotopic (exact) mass is 303 g/mol. The second-order valence-electron chi connectivity index (χ2n) is 4.56. The summed E-state index contributed by atoms with van der Waals surface area (Å²) in [5.74, 6) is -2.17. The number of nitriles is 1. The van der Waals surface area contributed by atoms with Crippen LogP contribution < -0.4 is 10.6 Å². The van der Waals surface area contributed by atoms with E-state index in [9.17, 15) is 14.4 Å². The Morgan fingerprint density at radius 1 is 1.23 bits per heavy atom. The van der Waals surface area contributed by atoms with Crippen molar-refractivity contribution < 1.29 is 19.5 Å². The first kappa shape index (κ1) is 17.2. The number of nitrogens with zero attached hydrogens (tertiary/aromatic N) is 1. The first-order chi connectivity index (χ1) is 10.5. The molecule has 0 aromatic heterocycles. The topological polar surface area (TPSA) is 119 Å². The van der Waals surface area contributed by atoms with Crippen LogP contribution >= 0.6 is 0 Å². The summed E-state index contributed by atoms with van der Waals surface area (Å²) < 4.78 is 0. The molecule has 0 aliphatic heterocycles. The molecule has 7 nitrogen and oxygen atoms in total. The lowest BCUT2D eigenvalue weighted by Gasteiger charge is -2.14. The lowest BCUT2D eigenvalue weighted by Crippen LogP contribution is -2.45. The predicted molar refractivity (Wildman–Crippen MR) is 77.8 cm³/mol. The predicted octanol–water partition coefficient (Wildman–Crippen LogP) is 0.680. The minimum absolute atomic E-state index is 0.168. The Bertz CT molecular complexity index is 566. The van der Waals surface area contributed by atoms with Crippen molar-refractivity contribution in [2.24, 2.45) is 0 Å². The molecule has 7 heteroatoms. The Hall–Kier alpha value is -2.88. The normalized spacial score (nSPS) is 11.0. The molecule has 116 valence electrons. The lowest BCUT2D eigenvalue weighted by atomic mass is 10.1. The Labute approximate surface area is 127 Å². The van der Waals surface area contributed by atoms with Crippen molar-refractivity contribution in [3.05, 3.63) is 35.9 Å². The van der Waals surface area contributed by atoms with E-state index in [-0.39, 0.29) is 19.4 Å². The van der Waals surface area contributed by atoms with Crippen LogP contribution in [0.3, 0.4) is 0 Å². The molecular formula is C15H17N3O4. The molecule has 0 unspecified atom stereocenters. The maximum Gasteiger partial charge on any atom is 0.326 e. The van der Waals surface area contributed by atoms with Crippen molar-refractivity contribution in [1.82, 2.24) is 10.6 Å². The van der Waals surface area contributed by atoms with Crippen molar-refractivity contribution >= 4 is 17.8 Å². The van der Waals surface area contributed by atoms with E-state index in [4.69, 9.17) is 10.4 Å². The summed E-state index contributed by atoms with van der Waals surface area (Å²) >= 11 is 0. The van der Waals surface area contributed by atoms with E-state index in [0.717, 1.165) is 0 Å². The standard InChI is InChI=1S/C15H17N3O4/c16-9-5-4-8-12(15(21)22)18-13(19)10-17-14(20)11-6-2-1-3-7-11/h1-3,6-7,12H,4-5,8,10H2,(H,17,20)(H,18,19)(H,21,22)/t12-/m1/s1. The molecule has 0 radical (unpaired) electrons. The van der Waals surface area contributed by atoms with Gasteiger partial charge in [-0.05, 0) is 25.0 Å². The molecule has 0 saturated heterocycles. The van der Waals surface area contributed by atoms with Crippen LogP contribution in [0, 0.1) is 11.3 Å². The van der Waals surface area contributed by atoms with Crippen molar-refractivity contribution in [3.8, 4) is 6.07 Å². The zero-order valence-corrected chi connectivity index (χ0v) is 11.9. The van der Waals surface area contributed by atoms with E-state index in [1.165, 1.54) is 0 Å². The molecule has 22 heavy (non-hydrogen) atoms. The summed E-state index contributed by atoms with van der Waals surface area (Å²) in [4.78, 5) is 34.4. The molecular weight excluding hydrogens is 286 g/mol. The maximum absolute atomic E-state index is 11.7. The second kappa shape index (κ2) is 9.13. The van der Waals surface area contributed by atoms with Crippen molar-refractivity contribution in [1.29, 1.82) is 5.26 Å². The molecule has 0 saturated carbocycles. The average Bonchev–Trinajstić information content (AvgIpc) is 2.52. The van der Waals surface area contributed by atoms with E-state index in [1.807, 2.05) is 6.07 Å². The fraction of sp³-hybridized carbons (Fsp3) is 0.333. The summed E-state index contributed by atoms with van der Waals surface area (Å²) in [5.41, 5.74) is 0.416.